The normalized spacial score (nSPS) is 18.5. The van der Waals surface area contributed by atoms with Gasteiger partial charge in [-0.05, 0) is 19.8 Å². The Labute approximate surface area is 163 Å². The molecular weight excluding hydrogens is 344 g/mol. The van der Waals surface area contributed by atoms with Crippen molar-refractivity contribution in [3.8, 4) is 0 Å². The first-order valence-electron chi connectivity index (χ1n) is 9.94. The molecule has 1 aliphatic heterocycles. The summed E-state index contributed by atoms with van der Waals surface area (Å²) in [4.78, 5) is 11.3. The Morgan fingerprint density at radius 2 is 2.11 bits per heavy atom. The van der Waals surface area contributed by atoms with Crippen molar-refractivity contribution in [3.63, 3.8) is 0 Å². The quantitative estimate of drug-likeness (QED) is 0.431. The molecule has 1 unspecified atom stereocenters. The lowest BCUT2D eigenvalue weighted by molar-refractivity contribution is -0.0201. The van der Waals surface area contributed by atoms with Crippen LogP contribution >= 0.6 is 0 Å². The van der Waals surface area contributed by atoms with E-state index in [-0.39, 0.29) is 0 Å². The summed E-state index contributed by atoms with van der Waals surface area (Å²) in [6, 6.07) is 0. The van der Waals surface area contributed by atoms with Crippen molar-refractivity contribution in [2.24, 2.45) is 10.9 Å². The van der Waals surface area contributed by atoms with Crippen LogP contribution in [0, 0.1) is 5.92 Å². The third kappa shape index (κ3) is 7.86. The van der Waals surface area contributed by atoms with Crippen molar-refractivity contribution >= 4 is 5.96 Å². The number of ether oxygens (including phenoxy) is 1. The minimum absolute atomic E-state index is 0.427. The summed E-state index contributed by atoms with van der Waals surface area (Å²) in [6.07, 6.45) is 3.82. The molecule has 0 bridgehead atoms. The van der Waals surface area contributed by atoms with Gasteiger partial charge in [-0.15, -0.1) is 0 Å². The predicted octanol–water partition coefficient (Wildman–Crippen LogP) is 0.677. The van der Waals surface area contributed by atoms with Gasteiger partial charge in [0.2, 0.25) is 0 Å². The molecule has 0 spiro atoms. The van der Waals surface area contributed by atoms with E-state index in [9.17, 15) is 5.11 Å². The fraction of sp³-hybridized carbons (Fsp3) is 0.789. The van der Waals surface area contributed by atoms with Gasteiger partial charge in [0, 0.05) is 51.7 Å². The standard InChI is InChI=1S/C19H36N6O2/c1-5-20-18(22-12-17-21-6-7-25(17)13-16(2)3)23-14-19(4,26)15-24-8-10-27-11-9-24/h6-7,16,26H,5,8-15H2,1-4H3,(H2,20,22,23). The minimum atomic E-state index is -0.844. The number of hydrogen-bond donors (Lipinski definition) is 3. The highest BCUT2D eigenvalue weighted by atomic mass is 16.5. The highest BCUT2D eigenvalue weighted by Crippen LogP contribution is 2.08. The summed E-state index contributed by atoms with van der Waals surface area (Å²) in [5.41, 5.74) is -0.844. The molecule has 1 aliphatic rings. The van der Waals surface area contributed by atoms with Crippen molar-refractivity contribution in [1.29, 1.82) is 0 Å². The number of nitrogens with zero attached hydrogens (tertiary/aromatic N) is 4. The highest BCUT2D eigenvalue weighted by Gasteiger charge is 2.25. The van der Waals surface area contributed by atoms with Gasteiger partial charge in [-0.3, -0.25) is 4.90 Å². The van der Waals surface area contributed by atoms with Crippen LogP contribution in [0.2, 0.25) is 0 Å². The van der Waals surface area contributed by atoms with Gasteiger partial charge in [-0.1, -0.05) is 13.8 Å². The average molecular weight is 381 g/mol. The number of hydrogen-bond acceptors (Lipinski definition) is 5. The second-order valence-corrected chi connectivity index (χ2v) is 7.82. The number of rotatable bonds is 9. The van der Waals surface area contributed by atoms with Crippen molar-refractivity contribution < 1.29 is 9.84 Å². The summed E-state index contributed by atoms with van der Waals surface area (Å²) >= 11 is 0. The van der Waals surface area contributed by atoms with E-state index in [0.29, 0.717) is 31.5 Å². The van der Waals surface area contributed by atoms with Gasteiger partial charge < -0.3 is 25.0 Å². The van der Waals surface area contributed by atoms with Gasteiger partial charge in [0.15, 0.2) is 5.96 Å². The summed E-state index contributed by atoms with van der Waals surface area (Å²) < 4.78 is 7.51. The number of imidazole rings is 1. The highest BCUT2D eigenvalue weighted by molar-refractivity contribution is 5.79. The molecule has 154 valence electrons. The van der Waals surface area contributed by atoms with Gasteiger partial charge >= 0.3 is 0 Å². The van der Waals surface area contributed by atoms with E-state index in [2.05, 4.69) is 43.9 Å². The molecule has 8 heteroatoms. The van der Waals surface area contributed by atoms with Crippen LogP contribution in [0.3, 0.4) is 0 Å². The molecule has 27 heavy (non-hydrogen) atoms. The third-order valence-electron chi connectivity index (χ3n) is 4.39. The van der Waals surface area contributed by atoms with Gasteiger partial charge in [-0.2, -0.15) is 0 Å². The summed E-state index contributed by atoms with van der Waals surface area (Å²) in [5.74, 6) is 2.20. The Balaban J connectivity index is 1.90. The molecule has 3 N–H and O–H groups in total. The topological polar surface area (TPSA) is 86.9 Å². The fourth-order valence-electron chi connectivity index (χ4n) is 3.11. The molecule has 1 saturated heterocycles. The van der Waals surface area contributed by atoms with Crippen LogP contribution in [0.4, 0.5) is 0 Å². The molecule has 0 amide bonds. The SMILES string of the molecule is CCNC(=NCc1nccn1CC(C)C)NCC(C)(O)CN1CCOCC1. The molecule has 1 aromatic rings. The second kappa shape index (κ2) is 10.6. The lowest BCUT2D eigenvalue weighted by Gasteiger charge is -2.34. The predicted molar refractivity (Wildman–Crippen MR) is 108 cm³/mol. The molecule has 1 aromatic heterocycles. The third-order valence-corrected chi connectivity index (χ3v) is 4.39. The summed E-state index contributed by atoms with van der Waals surface area (Å²) in [7, 11) is 0. The Hall–Kier alpha value is -1.64. The molecule has 0 aromatic carbocycles. The number of nitrogens with one attached hydrogen (secondary N) is 2. The van der Waals surface area contributed by atoms with Crippen LogP contribution in [0.1, 0.15) is 33.5 Å². The van der Waals surface area contributed by atoms with Crippen LogP contribution in [-0.4, -0.2) is 77.1 Å². The molecule has 2 rings (SSSR count). The fourth-order valence-corrected chi connectivity index (χ4v) is 3.11. The molecule has 2 heterocycles. The number of guanidine groups is 1. The largest absolute Gasteiger partial charge is 0.387 e. The molecule has 1 atom stereocenters. The van der Waals surface area contributed by atoms with Crippen LogP contribution in [0.15, 0.2) is 17.4 Å². The maximum Gasteiger partial charge on any atom is 0.191 e. The van der Waals surface area contributed by atoms with Crippen LogP contribution in [-0.2, 0) is 17.8 Å². The van der Waals surface area contributed by atoms with E-state index in [0.717, 1.165) is 45.2 Å². The molecule has 0 saturated carbocycles. The van der Waals surface area contributed by atoms with Crippen molar-refractivity contribution in [2.75, 3.05) is 45.9 Å². The zero-order valence-corrected chi connectivity index (χ0v) is 17.2. The second-order valence-electron chi connectivity index (χ2n) is 7.82. The van der Waals surface area contributed by atoms with Crippen LogP contribution < -0.4 is 10.6 Å². The number of aliphatic imine (C=N–C) groups is 1. The first-order valence-corrected chi connectivity index (χ1v) is 9.94. The zero-order valence-electron chi connectivity index (χ0n) is 17.2. The van der Waals surface area contributed by atoms with E-state index in [1.807, 2.05) is 26.2 Å². The lowest BCUT2D eigenvalue weighted by Crippen LogP contribution is -2.53. The maximum absolute atomic E-state index is 10.7. The number of β-amino-alcohol motifs (C(OH)–C–C–N with tert-alkyl or cyclic N) is 1. The minimum Gasteiger partial charge on any atom is -0.387 e. The van der Waals surface area contributed by atoms with Crippen LogP contribution in [0.25, 0.3) is 0 Å². The lowest BCUT2D eigenvalue weighted by atomic mass is 10.1. The number of aromatic nitrogens is 2. The molecule has 0 radical (unpaired) electrons. The van der Waals surface area contributed by atoms with E-state index >= 15 is 0 Å². The maximum atomic E-state index is 10.7. The van der Waals surface area contributed by atoms with E-state index < -0.39 is 5.60 Å². The summed E-state index contributed by atoms with van der Waals surface area (Å²) in [5, 5.41) is 17.2. The number of aliphatic hydroxyl groups is 1. The smallest absolute Gasteiger partial charge is 0.191 e. The van der Waals surface area contributed by atoms with Crippen molar-refractivity contribution in [1.82, 2.24) is 25.1 Å². The molecule has 1 fully saturated rings. The first-order chi connectivity index (χ1) is 12.9. The van der Waals surface area contributed by atoms with Gasteiger partial charge in [-0.25, -0.2) is 9.98 Å². The molecular formula is C19H36N6O2. The monoisotopic (exact) mass is 380 g/mol. The van der Waals surface area contributed by atoms with Crippen LogP contribution in [0.5, 0.6) is 0 Å². The Morgan fingerprint density at radius 1 is 1.37 bits per heavy atom. The Morgan fingerprint density at radius 3 is 2.78 bits per heavy atom. The van der Waals surface area contributed by atoms with E-state index in [1.54, 1.807) is 0 Å². The zero-order chi connectivity index (χ0) is 19.7. The first kappa shape index (κ1) is 21.7. The number of morpholine rings is 1. The molecule has 8 nitrogen and oxygen atoms in total. The van der Waals surface area contributed by atoms with E-state index in [1.165, 1.54) is 0 Å². The van der Waals surface area contributed by atoms with Gasteiger partial charge in [0.1, 0.15) is 12.4 Å². The van der Waals surface area contributed by atoms with Gasteiger partial charge in [0.25, 0.3) is 0 Å². The summed E-state index contributed by atoms with van der Waals surface area (Å²) in [6.45, 7) is 14.7. The van der Waals surface area contributed by atoms with E-state index in [4.69, 9.17) is 4.74 Å². The van der Waals surface area contributed by atoms with Gasteiger partial charge in [0.05, 0.1) is 18.8 Å². The Bertz CT molecular complexity index is 579. The molecule has 0 aliphatic carbocycles. The Kier molecular flexibility index (Phi) is 8.53. The van der Waals surface area contributed by atoms with Crippen molar-refractivity contribution in [2.45, 2.75) is 46.4 Å². The van der Waals surface area contributed by atoms with Crippen molar-refractivity contribution in [3.05, 3.63) is 18.2 Å². The average Bonchev–Trinajstić information content (AvgIpc) is 3.04.